The minimum atomic E-state index is -1.01. The lowest BCUT2D eigenvalue weighted by Gasteiger charge is -2.33. The monoisotopic (exact) mass is 375 g/mol. The molecule has 26 heavy (non-hydrogen) atoms. The van der Waals surface area contributed by atoms with Gasteiger partial charge in [-0.1, -0.05) is 30.3 Å². The van der Waals surface area contributed by atoms with Gasteiger partial charge in [0, 0.05) is 9.82 Å². The molecule has 0 spiro atoms. The summed E-state index contributed by atoms with van der Waals surface area (Å²) in [6, 6.07) is 12.1. The van der Waals surface area contributed by atoms with Crippen LogP contribution in [0.1, 0.15) is 35.6 Å². The maximum Gasteiger partial charge on any atom is 0.306 e. The number of nitro groups is 1. The van der Waals surface area contributed by atoms with Gasteiger partial charge in [0.2, 0.25) is 6.04 Å². The number of thioether (sulfide) groups is 1. The summed E-state index contributed by atoms with van der Waals surface area (Å²) in [7, 11) is 0. The Hall–Kier alpha value is -2.41. The fourth-order valence-electron chi connectivity index (χ4n) is 3.30. The molecule has 3 atom stereocenters. The number of esters is 1. The minimum absolute atomic E-state index is 0.0608. The smallest absolute Gasteiger partial charge is 0.306 e. The molecule has 0 bridgehead atoms. The quantitative estimate of drug-likeness (QED) is 0.441. The highest BCUT2D eigenvalue weighted by Crippen LogP contribution is 2.51. The van der Waals surface area contributed by atoms with E-state index in [1.165, 1.54) is 23.9 Å². The third kappa shape index (κ3) is 3.72. The summed E-state index contributed by atoms with van der Waals surface area (Å²) < 4.78 is 18.3. The van der Waals surface area contributed by atoms with Crippen molar-refractivity contribution < 1.29 is 18.8 Å². The molecule has 136 valence electrons. The van der Waals surface area contributed by atoms with Crippen LogP contribution in [0.25, 0.3) is 0 Å². The molecular formula is C19H18FNO4S. The SMILES string of the molecule is CCOC(=O)C[C@H]1c2ccccc2S[C@H](c2ccc(F)cc2)[C@H]1[N+](=O)[O-]. The second-order valence-electron chi connectivity index (χ2n) is 6.02. The summed E-state index contributed by atoms with van der Waals surface area (Å²) in [5.74, 6) is -1.45. The Bertz CT molecular complexity index is 811. The zero-order valence-electron chi connectivity index (χ0n) is 14.1. The number of rotatable bonds is 5. The van der Waals surface area contributed by atoms with Crippen molar-refractivity contribution in [3.05, 3.63) is 75.6 Å². The molecule has 5 nitrogen and oxygen atoms in total. The van der Waals surface area contributed by atoms with Crippen LogP contribution in [-0.2, 0) is 9.53 Å². The molecule has 0 saturated carbocycles. The van der Waals surface area contributed by atoms with Gasteiger partial charge in [-0.2, -0.15) is 0 Å². The number of carbonyl (C=O) groups is 1. The van der Waals surface area contributed by atoms with Crippen LogP contribution in [0.2, 0.25) is 0 Å². The third-order valence-corrected chi connectivity index (χ3v) is 5.86. The van der Waals surface area contributed by atoms with Crippen LogP contribution in [0.3, 0.4) is 0 Å². The highest BCUT2D eigenvalue weighted by molar-refractivity contribution is 7.99. The van der Waals surface area contributed by atoms with Crippen LogP contribution in [0.15, 0.2) is 53.4 Å². The van der Waals surface area contributed by atoms with E-state index in [2.05, 4.69) is 0 Å². The molecule has 0 aromatic heterocycles. The second-order valence-corrected chi connectivity index (χ2v) is 7.20. The fourth-order valence-corrected chi connectivity index (χ4v) is 4.81. The average molecular weight is 375 g/mol. The first-order valence-corrected chi connectivity index (χ1v) is 9.19. The van der Waals surface area contributed by atoms with Crippen LogP contribution in [0, 0.1) is 15.9 Å². The first-order chi connectivity index (χ1) is 12.5. The molecule has 0 saturated heterocycles. The lowest BCUT2D eigenvalue weighted by Crippen LogP contribution is -2.37. The molecule has 0 unspecified atom stereocenters. The number of benzene rings is 2. The standard InChI is InChI=1S/C19H18FNO4S/c1-2-25-17(22)11-15-14-5-3-4-6-16(14)26-19(18(15)21(23)24)12-7-9-13(20)10-8-12/h3-10,15,18-19H,2,11H2,1H3/t15-,18-,19+/m0/s1. The summed E-state index contributed by atoms with van der Waals surface area (Å²) in [5.41, 5.74) is 1.45. The average Bonchev–Trinajstić information content (AvgIpc) is 2.62. The minimum Gasteiger partial charge on any atom is -0.466 e. The van der Waals surface area contributed by atoms with Crippen LogP contribution >= 0.6 is 11.8 Å². The molecule has 7 heteroatoms. The number of halogens is 1. The Morgan fingerprint density at radius 3 is 2.58 bits per heavy atom. The summed E-state index contributed by atoms with van der Waals surface area (Å²) in [6.07, 6.45) is -0.0608. The van der Waals surface area contributed by atoms with E-state index < -0.39 is 29.0 Å². The number of ether oxygens (including phenoxy) is 1. The van der Waals surface area contributed by atoms with Gasteiger partial charge in [-0.25, -0.2) is 4.39 Å². The number of hydrogen-bond acceptors (Lipinski definition) is 5. The van der Waals surface area contributed by atoms with Gasteiger partial charge in [0.1, 0.15) is 11.1 Å². The highest BCUT2D eigenvalue weighted by Gasteiger charge is 2.47. The van der Waals surface area contributed by atoms with E-state index >= 15 is 0 Å². The molecule has 0 N–H and O–H groups in total. The zero-order valence-corrected chi connectivity index (χ0v) is 14.9. The summed E-state index contributed by atoms with van der Waals surface area (Å²) in [6.45, 7) is 1.93. The fraction of sp³-hybridized carbons (Fsp3) is 0.316. The van der Waals surface area contributed by atoms with Gasteiger partial charge in [-0.05, 0) is 36.2 Å². The summed E-state index contributed by atoms with van der Waals surface area (Å²) in [5, 5.41) is 11.4. The Labute approximate surface area is 154 Å². The normalized spacial score (nSPS) is 21.7. The van der Waals surface area contributed by atoms with E-state index in [0.717, 1.165) is 10.5 Å². The van der Waals surface area contributed by atoms with Crippen molar-refractivity contribution in [1.29, 1.82) is 0 Å². The molecule has 2 aromatic carbocycles. The van der Waals surface area contributed by atoms with Crippen LogP contribution < -0.4 is 0 Å². The van der Waals surface area contributed by atoms with E-state index in [9.17, 15) is 19.3 Å². The molecule has 2 aromatic rings. The Kier molecular flexibility index (Phi) is 5.56. The van der Waals surface area contributed by atoms with Gasteiger partial charge >= 0.3 is 5.97 Å². The van der Waals surface area contributed by atoms with Gasteiger partial charge in [0.05, 0.1) is 18.9 Å². The lowest BCUT2D eigenvalue weighted by molar-refractivity contribution is -0.527. The highest BCUT2D eigenvalue weighted by atomic mass is 32.2. The predicted octanol–water partition coefficient (Wildman–Crippen LogP) is 4.35. The molecule has 0 radical (unpaired) electrons. The van der Waals surface area contributed by atoms with E-state index in [-0.39, 0.29) is 18.0 Å². The van der Waals surface area contributed by atoms with Gasteiger partial charge in [0.15, 0.2) is 0 Å². The maximum atomic E-state index is 13.3. The lowest BCUT2D eigenvalue weighted by atomic mass is 9.84. The van der Waals surface area contributed by atoms with Crippen molar-refractivity contribution >= 4 is 17.7 Å². The van der Waals surface area contributed by atoms with E-state index in [0.29, 0.717) is 5.56 Å². The first-order valence-electron chi connectivity index (χ1n) is 8.31. The molecule has 3 rings (SSSR count). The van der Waals surface area contributed by atoms with Crippen molar-refractivity contribution in [3.8, 4) is 0 Å². The molecular weight excluding hydrogens is 357 g/mol. The molecule has 1 aliphatic rings. The molecule has 0 aliphatic carbocycles. The van der Waals surface area contributed by atoms with Crippen molar-refractivity contribution in [2.75, 3.05) is 6.61 Å². The van der Waals surface area contributed by atoms with Crippen molar-refractivity contribution in [1.82, 2.24) is 0 Å². The Morgan fingerprint density at radius 1 is 1.23 bits per heavy atom. The third-order valence-electron chi connectivity index (χ3n) is 4.43. The van der Waals surface area contributed by atoms with Gasteiger partial charge in [-0.15, -0.1) is 11.8 Å². The molecule has 0 amide bonds. The van der Waals surface area contributed by atoms with Gasteiger partial charge in [0.25, 0.3) is 0 Å². The zero-order chi connectivity index (χ0) is 18.7. The number of fused-ring (bicyclic) bond motifs is 1. The van der Waals surface area contributed by atoms with E-state index in [4.69, 9.17) is 4.74 Å². The summed E-state index contributed by atoms with van der Waals surface area (Å²) >= 11 is 1.38. The summed E-state index contributed by atoms with van der Waals surface area (Å²) in [4.78, 5) is 24.6. The van der Waals surface area contributed by atoms with Crippen molar-refractivity contribution in [3.63, 3.8) is 0 Å². The van der Waals surface area contributed by atoms with E-state index in [1.807, 2.05) is 24.3 Å². The van der Waals surface area contributed by atoms with E-state index in [1.54, 1.807) is 19.1 Å². The van der Waals surface area contributed by atoms with Gasteiger partial charge < -0.3 is 4.74 Å². The number of hydrogen-bond donors (Lipinski definition) is 0. The van der Waals surface area contributed by atoms with Crippen LogP contribution in [0.5, 0.6) is 0 Å². The largest absolute Gasteiger partial charge is 0.466 e. The Balaban J connectivity index is 2.05. The van der Waals surface area contributed by atoms with Crippen LogP contribution in [0.4, 0.5) is 4.39 Å². The maximum absolute atomic E-state index is 13.3. The van der Waals surface area contributed by atoms with Crippen LogP contribution in [-0.4, -0.2) is 23.5 Å². The second kappa shape index (κ2) is 7.86. The topological polar surface area (TPSA) is 69.4 Å². The van der Waals surface area contributed by atoms with Gasteiger partial charge in [-0.3, -0.25) is 14.9 Å². The molecule has 1 aliphatic heterocycles. The first kappa shape index (κ1) is 18.4. The molecule has 0 fully saturated rings. The van der Waals surface area contributed by atoms with Crippen molar-refractivity contribution in [2.24, 2.45) is 0 Å². The Morgan fingerprint density at radius 2 is 1.92 bits per heavy atom. The predicted molar refractivity (Wildman–Crippen MR) is 96.2 cm³/mol. The number of carbonyl (C=O) groups excluding carboxylic acids is 1. The van der Waals surface area contributed by atoms with Crippen molar-refractivity contribution in [2.45, 2.75) is 35.4 Å². The molecule has 1 heterocycles. The number of nitrogens with zero attached hydrogens (tertiary/aromatic N) is 1.